The minimum atomic E-state index is -3.72. The molecule has 1 aromatic rings. The van der Waals surface area contributed by atoms with Crippen molar-refractivity contribution in [3.8, 4) is 0 Å². The molecule has 1 saturated heterocycles. The van der Waals surface area contributed by atoms with Gasteiger partial charge in [0.15, 0.2) is 0 Å². The van der Waals surface area contributed by atoms with E-state index < -0.39 is 10.0 Å². The van der Waals surface area contributed by atoms with E-state index in [0.29, 0.717) is 17.4 Å². The molecular weight excluding hydrogens is 288 g/mol. The molecule has 5 nitrogen and oxygen atoms in total. The van der Waals surface area contributed by atoms with Crippen molar-refractivity contribution in [3.63, 3.8) is 0 Å². The minimum absolute atomic E-state index is 0.0208. The number of primary sulfonamides is 1. The van der Waals surface area contributed by atoms with Crippen LogP contribution in [0.4, 0.5) is 0 Å². The van der Waals surface area contributed by atoms with Crippen molar-refractivity contribution >= 4 is 15.9 Å². The van der Waals surface area contributed by atoms with E-state index in [2.05, 4.69) is 20.8 Å². The highest BCUT2D eigenvalue weighted by molar-refractivity contribution is 7.89. The summed E-state index contributed by atoms with van der Waals surface area (Å²) in [6.07, 6.45) is 1.12. The third-order valence-corrected chi connectivity index (χ3v) is 5.22. The van der Waals surface area contributed by atoms with Crippen molar-refractivity contribution in [1.82, 2.24) is 4.90 Å². The monoisotopic (exact) mass is 310 g/mol. The first kappa shape index (κ1) is 16.0. The van der Waals surface area contributed by atoms with Crippen LogP contribution < -0.4 is 5.14 Å². The Morgan fingerprint density at radius 2 is 1.76 bits per heavy atom. The standard InChI is InChI=1S/C15H22N2O3S/c1-10-8-11(2)12(3)17(9-10)15(18)13-4-6-14(7-5-13)21(16,19)20/h4-7,10-12H,8-9H2,1-3H3,(H2,16,19,20). The number of nitrogens with two attached hydrogens (primary N) is 1. The zero-order chi connectivity index (χ0) is 15.8. The maximum atomic E-state index is 12.6. The number of rotatable bonds is 2. The van der Waals surface area contributed by atoms with Crippen LogP contribution in [0, 0.1) is 11.8 Å². The number of benzene rings is 1. The van der Waals surface area contributed by atoms with Gasteiger partial charge in [-0.1, -0.05) is 13.8 Å². The van der Waals surface area contributed by atoms with E-state index in [-0.39, 0.29) is 16.8 Å². The Morgan fingerprint density at radius 3 is 2.29 bits per heavy atom. The van der Waals surface area contributed by atoms with Gasteiger partial charge in [0.2, 0.25) is 10.0 Å². The Hall–Kier alpha value is -1.40. The second-order valence-corrected chi connectivity index (χ2v) is 7.65. The molecule has 0 spiro atoms. The maximum absolute atomic E-state index is 12.6. The van der Waals surface area contributed by atoms with E-state index in [9.17, 15) is 13.2 Å². The molecule has 1 aromatic carbocycles. The summed E-state index contributed by atoms with van der Waals surface area (Å²) in [7, 11) is -3.72. The van der Waals surface area contributed by atoms with Crippen molar-refractivity contribution in [2.45, 2.75) is 38.1 Å². The third-order valence-electron chi connectivity index (χ3n) is 4.29. The summed E-state index contributed by atoms with van der Waals surface area (Å²) in [5, 5.41) is 5.06. The Balaban J connectivity index is 2.23. The van der Waals surface area contributed by atoms with Gasteiger partial charge in [-0.05, 0) is 49.4 Å². The fourth-order valence-corrected chi connectivity index (χ4v) is 3.45. The predicted molar refractivity (Wildman–Crippen MR) is 81.3 cm³/mol. The Bertz CT molecular complexity index is 625. The van der Waals surface area contributed by atoms with Crippen molar-refractivity contribution in [3.05, 3.63) is 29.8 Å². The molecule has 0 bridgehead atoms. The molecule has 1 fully saturated rings. The van der Waals surface area contributed by atoms with Crippen LogP contribution >= 0.6 is 0 Å². The number of likely N-dealkylation sites (tertiary alicyclic amines) is 1. The zero-order valence-electron chi connectivity index (χ0n) is 12.6. The first-order valence-electron chi connectivity index (χ1n) is 7.14. The SMILES string of the molecule is CC1CC(C)C(C)N(C(=O)c2ccc(S(N)(=O)=O)cc2)C1. The van der Waals surface area contributed by atoms with E-state index >= 15 is 0 Å². The summed E-state index contributed by atoms with van der Waals surface area (Å²) >= 11 is 0. The number of carbonyl (C=O) groups excluding carboxylic acids is 1. The molecule has 6 heteroatoms. The van der Waals surface area contributed by atoms with Gasteiger partial charge >= 0.3 is 0 Å². The Labute approximate surface area is 126 Å². The van der Waals surface area contributed by atoms with Gasteiger partial charge in [0, 0.05) is 18.2 Å². The zero-order valence-corrected chi connectivity index (χ0v) is 13.4. The number of sulfonamides is 1. The molecule has 1 heterocycles. The topological polar surface area (TPSA) is 80.5 Å². The van der Waals surface area contributed by atoms with Crippen LogP contribution in [0.3, 0.4) is 0 Å². The van der Waals surface area contributed by atoms with E-state index in [4.69, 9.17) is 5.14 Å². The third kappa shape index (κ3) is 3.44. The summed E-state index contributed by atoms with van der Waals surface area (Å²) in [5.74, 6) is 0.882. The molecule has 1 aliphatic rings. The molecule has 0 aromatic heterocycles. The summed E-state index contributed by atoms with van der Waals surface area (Å²) in [6, 6.07) is 6.00. The van der Waals surface area contributed by atoms with E-state index in [1.807, 2.05) is 4.90 Å². The molecule has 3 atom stereocenters. The number of carbonyl (C=O) groups is 1. The molecule has 3 unspecified atom stereocenters. The van der Waals surface area contributed by atoms with Gasteiger partial charge in [0.25, 0.3) is 5.91 Å². The van der Waals surface area contributed by atoms with Crippen LogP contribution in [-0.4, -0.2) is 31.8 Å². The van der Waals surface area contributed by atoms with Gasteiger partial charge < -0.3 is 4.90 Å². The highest BCUT2D eigenvalue weighted by Gasteiger charge is 2.32. The highest BCUT2D eigenvalue weighted by atomic mass is 32.2. The number of nitrogens with zero attached hydrogens (tertiary/aromatic N) is 1. The number of hydrogen-bond donors (Lipinski definition) is 1. The first-order chi connectivity index (χ1) is 9.70. The second kappa shape index (κ2) is 5.77. The lowest BCUT2D eigenvalue weighted by Gasteiger charge is -2.41. The molecule has 2 N–H and O–H groups in total. The van der Waals surface area contributed by atoms with Gasteiger partial charge in [-0.25, -0.2) is 13.6 Å². The van der Waals surface area contributed by atoms with Gasteiger partial charge in [-0.2, -0.15) is 0 Å². The van der Waals surface area contributed by atoms with E-state index in [1.165, 1.54) is 24.3 Å². The molecule has 1 aliphatic heterocycles. The summed E-state index contributed by atoms with van der Waals surface area (Å²) in [4.78, 5) is 14.5. The summed E-state index contributed by atoms with van der Waals surface area (Å²) < 4.78 is 22.5. The first-order valence-corrected chi connectivity index (χ1v) is 8.68. The van der Waals surface area contributed by atoms with E-state index in [0.717, 1.165) is 13.0 Å². The molecule has 0 aliphatic carbocycles. The van der Waals surface area contributed by atoms with Crippen LogP contribution in [-0.2, 0) is 10.0 Å². The maximum Gasteiger partial charge on any atom is 0.254 e. The Kier molecular flexibility index (Phi) is 4.39. The quantitative estimate of drug-likeness (QED) is 0.905. The Morgan fingerprint density at radius 1 is 1.19 bits per heavy atom. The number of hydrogen-bond acceptors (Lipinski definition) is 3. The van der Waals surface area contributed by atoms with Crippen LogP contribution in [0.25, 0.3) is 0 Å². The average Bonchev–Trinajstić information content (AvgIpc) is 2.41. The summed E-state index contributed by atoms with van der Waals surface area (Å²) in [6.45, 7) is 7.10. The minimum Gasteiger partial charge on any atom is -0.335 e. The lowest BCUT2D eigenvalue weighted by atomic mass is 9.85. The second-order valence-electron chi connectivity index (χ2n) is 6.09. The normalized spacial score (nSPS) is 26.7. The van der Waals surface area contributed by atoms with Gasteiger partial charge in [0.05, 0.1) is 4.90 Å². The molecule has 21 heavy (non-hydrogen) atoms. The molecular formula is C15H22N2O3S. The van der Waals surface area contributed by atoms with Crippen LogP contribution in [0.2, 0.25) is 0 Å². The lowest BCUT2D eigenvalue weighted by molar-refractivity contribution is 0.0455. The molecule has 0 radical (unpaired) electrons. The highest BCUT2D eigenvalue weighted by Crippen LogP contribution is 2.28. The molecule has 116 valence electrons. The van der Waals surface area contributed by atoms with Crippen molar-refractivity contribution < 1.29 is 13.2 Å². The smallest absolute Gasteiger partial charge is 0.254 e. The van der Waals surface area contributed by atoms with E-state index in [1.54, 1.807) is 0 Å². The predicted octanol–water partition coefficient (Wildman–Crippen LogP) is 1.84. The van der Waals surface area contributed by atoms with Gasteiger partial charge in [-0.3, -0.25) is 4.79 Å². The van der Waals surface area contributed by atoms with Gasteiger partial charge in [-0.15, -0.1) is 0 Å². The van der Waals surface area contributed by atoms with Crippen LogP contribution in [0.5, 0.6) is 0 Å². The number of piperidine rings is 1. The van der Waals surface area contributed by atoms with Crippen molar-refractivity contribution in [1.29, 1.82) is 0 Å². The fourth-order valence-electron chi connectivity index (χ4n) is 2.94. The van der Waals surface area contributed by atoms with Crippen LogP contribution in [0.15, 0.2) is 29.2 Å². The molecule has 0 saturated carbocycles. The average molecular weight is 310 g/mol. The van der Waals surface area contributed by atoms with Crippen molar-refractivity contribution in [2.24, 2.45) is 17.0 Å². The fraction of sp³-hybridized carbons (Fsp3) is 0.533. The van der Waals surface area contributed by atoms with Crippen LogP contribution in [0.1, 0.15) is 37.6 Å². The summed E-state index contributed by atoms with van der Waals surface area (Å²) in [5.41, 5.74) is 0.496. The largest absolute Gasteiger partial charge is 0.335 e. The molecule has 1 amide bonds. The lowest BCUT2D eigenvalue weighted by Crippen LogP contribution is -2.48. The molecule has 2 rings (SSSR count). The van der Waals surface area contributed by atoms with Crippen molar-refractivity contribution in [2.75, 3.05) is 6.54 Å². The van der Waals surface area contributed by atoms with Gasteiger partial charge in [0.1, 0.15) is 0 Å². The number of amides is 1.